The van der Waals surface area contributed by atoms with Crippen LogP contribution in [0.15, 0.2) is 64.3 Å². The van der Waals surface area contributed by atoms with Gasteiger partial charge in [0, 0.05) is 11.9 Å². The highest BCUT2D eigenvalue weighted by Crippen LogP contribution is 2.12. The lowest BCUT2D eigenvalue weighted by Gasteiger charge is -2.11. The van der Waals surface area contributed by atoms with Crippen LogP contribution in [0.1, 0.15) is 16.7 Å². The summed E-state index contributed by atoms with van der Waals surface area (Å²) in [6, 6.07) is 15.5. The van der Waals surface area contributed by atoms with Crippen molar-refractivity contribution >= 4 is 11.4 Å². The molecule has 0 radical (unpaired) electrons. The first-order chi connectivity index (χ1) is 12.5. The Kier molecular flexibility index (Phi) is 5.34. The first-order valence-electron chi connectivity index (χ1n) is 8.32. The summed E-state index contributed by atoms with van der Waals surface area (Å²) in [6.45, 7) is 4.50. The first-order valence-corrected chi connectivity index (χ1v) is 8.32. The molecule has 0 bridgehead atoms. The summed E-state index contributed by atoms with van der Waals surface area (Å²) in [4.78, 5) is 26.3. The van der Waals surface area contributed by atoms with Crippen molar-refractivity contribution in [2.75, 3.05) is 5.32 Å². The predicted molar refractivity (Wildman–Crippen MR) is 102 cm³/mol. The molecule has 3 rings (SSSR count). The lowest BCUT2D eigenvalue weighted by atomic mass is 10.1. The number of ether oxygens (including phenoxy) is 1. The number of rotatable bonds is 6. The molecule has 2 aromatic carbocycles. The Morgan fingerprint density at radius 3 is 2.42 bits per heavy atom. The molecule has 0 unspecified atom stereocenters. The van der Waals surface area contributed by atoms with E-state index in [9.17, 15) is 9.59 Å². The second-order valence-corrected chi connectivity index (χ2v) is 6.24. The number of nitrogens with zero attached hydrogens (tertiary/aromatic N) is 1. The number of aromatic amines is 1. The normalized spacial score (nSPS) is 10.7. The molecule has 0 spiro atoms. The van der Waals surface area contributed by atoms with E-state index in [1.807, 2.05) is 56.3 Å². The topological polar surface area (TPSA) is 76.1 Å². The SMILES string of the molecule is Cc1cc(C)cc(COCn2cc(Nc3ccccc3)c(=O)[nH]c2=O)c1. The largest absolute Gasteiger partial charge is 0.356 e. The van der Waals surface area contributed by atoms with E-state index in [1.54, 1.807) is 0 Å². The van der Waals surface area contributed by atoms with Crippen molar-refractivity contribution in [3.05, 3.63) is 92.3 Å². The van der Waals surface area contributed by atoms with Gasteiger partial charge in [0.15, 0.2) is 0 Å². The van der Waals surface area contributed by atoms with Gasteiger partial charge in [0.1, 0.15) is 12.4 Å². The standard InChI is InChI=1S/C20H21N3O3/c1-14-8-15(2)10-16(9-14)12-26-13-23-11-18(19(24)22-20(23)25)21-17-6-4-3-5-7-17/h3-11,21H,12-13H2,1-2H3,(H,22,24,25). The lowest BCUT2D eigenvalue weighted by molar-refractivity contribution is 0.0608. The minimum Gasteiger partial charge on any atom is -0.356 e. The van der Waals surface area contributed by atoms with Crippen LogP contribution in [-0.2, 0) is 18.1 Å². The minimum absolute atomic E-state index is 0.0477. The molecule has 0 saturated carbocycles. The number of aryl methyl sites for hydroxylation is 2. The molecular weight excluding hydrogens is 330 g/mol. The molecule has 0 amide bonds. The monoisotopic (exact) mass is 351 g/mol. The van der Waals surface area contributed by atoms with Crippen molar-refractivity contribution in [2.24, 2.45) is 0 Å². The number of hydrogen-bond acceptors (Lipinski definition) is 4. The van der Waals surface area contributed by atoms with E-state index in [2.05, 4.69) is 16.4 Å². The van der Waals surface area contributed by atoms with Crippen LogP contribution in [0, 0.1) is 13.8 Å². The Labute approximate surface area is 151 Å². The molecule has 3 aromatic rings. The molecule has 1 heterocycles. The van der Waals surface area contributed by atoms with Gasteiger partial charge in [-0.3, -0.25) is 14.3 Å². The molecular formula is C20H21N3O3. The van der Waals surface area contributed by atoms with Gasteiger partial charge in [-0.15, -0.1) is 0 Å². The predicted octanol–water partition coefficient (Wildman–Crippen LogP) is 3.07. The number of para-hydroxylation sites is 1. The van der Waals surface area contributed by atoms with Gasteiger partial charge in [-0.1, -0.05) is 47.5 Å². The van der Waals surface area contributed by atoms with Gasteiger partial charge >= 0.3 is 5.69 Å². The highest BCUT2D eigenvalue weighted by atomic mass is 16.5. The van der Waals surface area contributed by atoms with Gasteiger partial charge in [0.05, 0.1) is 6.61 Å². The van der Waals surface area contributed by atoms with Crippen LogP contribution in [0.25, 0.3) is 0 Å². The Morgan fingerprint density at radius 1 is 1.04 bits per heavy atom. The summed E-state index contributed by atoms with van der Waals surface area (Å²) in [7, 11) is 0. The Balaban J connectivity index is 1.72. The molecule has 0 aliphatic rings. The summed E-state index contributed by atoms with van der Waals surface area (Å²) < 4.78 is 6.98. The molecule has 0 aliphatic heterocycles. The summed E-state index contributed by atoms with van der Waals surface area (Å²) >= 11 is 0. The molecule has 26 heavy (non-hydrogen) atoms. The van der Waals surface area contributed by atoms with E-state index in [-0.39, 0.29) is 12.4 Å². The van der Waals surface area contributed by atoms with Crippen LogP contribution in [0.3, 0.4) is 0 Å². The van der Waals surface area contributed by atoms with E-state index in [4.69, 9.17) is 4.74 Å². The molecule has 0 saturated heterocycles. The van der Waals surface area contributed by atoms with Gasteiger partial charge in [-0.25, -0.2) is 4.79 Å². The summed E-state index contributed by atoms with van der Waals surface area (Å²) in [5.41, 5.74) is 3.45. The van der Waals surface area contributed by atoms with E-state index in [1.165, 1.54) is 21.9 Å². The Morgan fingerprint density at radius 2 is 1.73 bits per heavy atom. The van der Waals surface area contributed by atoms with Crippen molar-refractivity contribution in [1.82, 2.24) is 9.55 Å². The number of nitrogens with one attached hydrogen (secondary N) is 2. The number of aromatic nitrogens is 2. The maximum atomic E-state index is 12.0. The Bertz CT molecular complexity index is 987. The molecule has 2 N–H and O–H groups in total. The van der Waals surface area contributed by atoms with E-state index in [0.29, 0.717) is 6.61 Å². The highest BCUT2D eigenvalue weighted by molar-refractivity contribution is 5.57. The van der Waals surface area contributed by atoms with E-state index in [0.717, 1.165) is 11.3 Å². The van der Waals surface area contributed by atoms with Crippen LogP contribution >= 0.6 is 0 Å². The minimum atomic E-state index is -0.506. The zero-order chi connectivity index (χ0) is 18.5. The van der Waals surface area contributed by atoms with Crippen molar-refractivity contribution in [2.45, 2.75) is 27.2 Å². The fourth-order valence-electron chi connectivity index (χ4n) is 2.79. The molecule has 0 atom stereocenters. The smallest absolute Gasteiger partial charge is 0.330 e. The average molecular weight is 351 g/mol. The van der Waals surface area contributed by atoms with Gasteiger partial charge < -0.3 is 10.1 Å². The van der Waals surface area contributed by atoms with Crippen molar-refractivity contribution in [3.8, 4) is 0 Å². The van der Waals surface area contributed by atoms with Crippen molar-refractivity contribution in [1.29, 1.82) is 0 Å². The summed E-state index contributed by atoms with van der Waals surface area (Å²) in [6.07, 6.45) is 1.47. The van der Waals surface area contributed by atoms with Gasteiger partial charge in [0.2, 0.25) is 0 Å². The molecule has 6 heteroatoms. The van der Waals surface area contributed by atoms with Crippen molar-refractivity contribution in [3.63, 3.8) is 0 Å². The number of anilines is 2. The first kappa shape index (κ1) is 17.7. The van der Waals surface area contributed by atoms with Gasteiger partial charge in [0.25, 0.3) is 5.56 Å². The third kappa shape index (κ3) is 4.49. The quantitative estimate of drug-likeness (QED) is 0.716. The van der Waals surface area contributed by atoms with E-state index >= 15 is 0 Å². The third-order valence-corrected chi connectivity index (χ3v) is 3.84. The summed E-state index contributed by atoms with van der Waals surface area (Å²) in [5, 5.41) is 3.00. The second-order valence-electron chi connectivity index (χ2n) is 6.24. The molecule has 0 fully saturated rings. The zero-order valence-corrected chi connectivity index (χ0v) is 14.8. The van der Waals surface area contributed by atoms with Crippen LogP contribution in [0.5, 0.6) is 0 Å². The number of H-pyrrole nitrogens is 1. The molecule has 1 aromatic heterocycles. The number of benzene rings is 2. The van der Waals surface area contributed by atoms with Gasteiger partial charge in [-0.2, -0.15) is 0 Å². The van der Waals surface area contributed by atoms with E-state index < -0.39 is 11.2 Å². The highest BCUT2D eigenvalue weighted by Gasteiger charge is 2.06. The van der Waals surface area contributed by atoms with Crippen LogP contribution in [-0.4, -0.2) is 9.55 Å². The van der Waals surface area contributed by atoms with Crippen molar-refractivity contribution < 1.29 is 4.74 Å². The lowest BCUT2D eigenvalue weighted by Crippen LogP contribution is -2.31. The zero-order valence-electron chi connectivity index (χ0n) is 14.8. The fourth-order valence-corrected chi connectivity index (χ4v) is 2.79. The molecule has 134 valence electrons. The maximum absolute atomic E-state index is 12.0. The molecule has 6 nitrogen and oxygen atoms in total. The number of hydrogen-bond donors (Lipinski definition) is 2. The molecule has 0 aliphatic carbocycles. The maximum Gasteiger partial charge on any atom is 0.330 e. The van der Waals surface area contributed by atoms with Crippen LogP contribution in [0.4, 0.5) is 11.4 Å². The second kappa shape index (κ2) is 7.84. The average Bonchev–Trinajstić information content (AvgIpc) is 2.59. The third-order valence-electron chi connectivity index (χ3n) is 3.84. The summed E-state index contributed by atoms with van der Waals surface area (Å²) in [5.74, 6) is 0. The van der Waals surface area contributed by atoms with Crippen LogP contribution < -0.4 is 16.6 Å². The fraction of sp³-hybridized carbons (Fsp3) is 0.200. The Hall–Kier alpha value is -3.12. The van der Waals surface area contributed by atoms with Gasteiger partial charge in [-0.05, 0) is 31.5 Å². The van der Waals surface area contributed by atoms with Crippen LogP contribution in [0.2, 0.25) is 0 Å².